The van der Waals surface area contributed by atoms with Crippen LogP contribution in [0.4, 0.5) is 10.1 Å². The highest BCUT2D eigenvalue weighted by atomic mass is 35.5. The van der Waals surface area contributed by atoms with Crippen molar-refractivity contribution in [1.82, 2.24) is 5.32 Å². The first-order valence-corrected chi connectivity index (χ1v) is 9.82. The molecule has 0 saturated carbocycles. The van der Waals surface area contributed by atoms with Gasteiger partial charge in [-0.15, -0.1) is 0 Å². The molecule has 0 bridgehead atoms. The number of ether oxygens (including phenoxy) is 1. The minimum Gasteiger partial charge on any atom is -0.438 e. The molecular formula is C22H20ClFN2O3. The van der Waals surface area contributed by atoms with Gasteiger partial charge < -0.3 is 14.5 Å². The molecule has 7 heteroatoms. The molecule has 4 rings (SSSR count). The molecule has 1 unspecified atom stereocenters. The molecule has 1 amide bonds. The normalized spacial score (nSPS) is 17.1. The number of nitrogens with zero attached hydrogens (tertiary/aromatic N) is 1. The van der Waals surface area contributed by atoms with E-state index in [2.05, 4.69) is 10.3 Å². The molecule has 2 heterocycles. The van der Waals surface area contributed by atoms with Crippen LogP contribution in [0.3, 0.4) is 0 Å². The van der Waals surface area contributed by atoms with E-state index in [1.54, 1.807) is 43.3 Å². The van der Waals surface area contributed by atoms with E-state index < -0.39 is 0 Å². The summed E-state index contributed by atoms with van der Waals surface area (Å²) in [5.74, 6) is -0.706. The lowest BCUT2D eigenvalue weighted by Gasteiger charge is -2.11. The summed E-state index contributed by atoms with van der Waals surface area (Å²) in [4.78, 5) is 17.3. The highest BCUT2D eigenvalue weighted by Crippen LogP contribution is 2.22. The van der Waals surface area contributed by atoms with E-state index in [1.165, 1.54) is 6.07 Å². The Morgan fingerprint density at radius 3 is 2.97 bits per heavy atom. The minimum absolute atomic E-state index is 0.0108. The molecule has 3 aromatic rings. The van der Waals surface area contributed by atoms with Gasteiger partial charge in [-0.25, -0.2) is 9.38 Å². The van der Waals surface area contributed by atoms with Crippen molar-refractivity contribution in [2.45, 2.75) is 25.9 Å². The van der Waals surface area contributed by atoms with E-state index >= 15 is 0 Å². The fraction of sp³-hybridized carbons (Fsp3) is 0.273. The van der Waals surface area contributed by atoms with E-state index in [1.807, 2.05) is 0 Å². The summed E-state index contributed by atoms with van der Waals surface area (Å²) in [6, 6.07) is 11.4. The van der Waals surface area contributed by atoms with Crippen LogP contribution in [0.25, 0.3) is 11.0 Å². The Morgan fingerprint density at radius 2 is 2.17 bits per heavy atom. The van der Waals surface area contributed by atoms with Crippen molar-refractivity contribution >= 4 is 34.2 Å². The zero-order valence-electron chi connectivity index (χ0n) is 15.9. The number of carbonyl (C=O) groups is 1. The topological polar surface area (TPSA) is 63.8 Å². The van der Waals surface area contributed by atoms with E-state index in [0.29, 0.717) is 40.4 Å². The lowest BCUT2D eigenvalue weighted by Crippen LogP contribution is -2.34. The molecule has 1 saturated heterocycles. The van der Waals surface area contributed by atoms with Crippen LogP contribution < -0.4 is 10.9 Å². The van der Waals surface area contributed by atoms with Crippen LogP contribution in [0.5, 0.6) is 0 Å². The Morgan fingerprint density at radius 1 is 1.31 bits per heavy atom. The van der Waals surface area contributed by atoms with Gasteiger partial charge in [0.25, 0.3) is 5.91 Å². The average Bonchev–Trinajstić information content (AvgIpc) is 3.23. The van der Waals surface area contributed by atoms with Crippen molar-refractivity contribution in [1.29, 1.82) is 0 Å². The highest BCUT2D eigenvalue weighted by Gasteiger charge is 2.19. The molecule has 0 aliphatic carbocycles. The molecule has 29 heavy (non-hydrogen) atoms. The molecule has 2 aromatic carbocycles. The molecular weight excluding hydrogens is 395 g/mol. The van der Waals surface area contributed by atoms with E-state index in [0.717, 1.165) is 12.8 Å². The van der Waals surface area contributed by atoms with Crippen molar-refractivity contribution in [3.05, 3.63) is 70.0 Å². The number of hydrogen-bond donors (Lipinski definition) is 1. The smallest absolute Gasteiger partial charge is 0.256 e. The first-order chi connectivity index (χ1) is 14.0. The van der Waals surface area contributed by atoms with Crippen molar-refractivity contribution in [2.24, 2.45) is 4.99 Å². The van der Waals surface area contributed by atoms with E-state index in [9.17, 15) is 9.18 Å². The molecule has 150 valence electrons. The number of carbonyl (C=O) groups excluding carboxylic acids is 1. The Kier molecular flexibility index (Phi) is 5.65. The zero-order valence-corrected chi connectivity index (χ0v) is 16.6. The lowest BCUT2D eigenvalue weighted by molar-refractivity contribution is 0.0854. The van der Waals surface area contributed by atoms with Gasteiger partial charge in [-0.2, -0.15) is 0 Å². The van der Waals surface area contributed by atoms with Gasteiger partial charge in [-0.05, 0) is 56.2 Å². The number of amides is 1. The van der Waals surface area contributed by atoms with Crippen molar-refractivity contribution < 1.29 is 18.3 Å². The average molecular weight is 415 g/mol. The molecule has 0 spiro atoms. The molecule has 1 aromatic heterocycles. The fourth-order valence-corrected chi connectivity index (χ4v) is 3.46. The SMILES string of the molecule is Cc1c(F)cccc1N=c1oc2ccc(Cl)cc2cc1C(=O)NCC1CCCO1. The number of rotatable bonds is 4. The van der Waals surface area contributed by atoms with Crippen LogP contribution in [-0.2, 0) is 4.74 Å². The van der Waals surface area contributed by atoms with Crippen LogP contribution >= 0.6 is 11.6 Å². The maximum atomic E-state index is 13.9. The largest absolute Gasteiger partial charge is 0.438 e. The maximum Gasteiger partial charge on any atom is 0.256 e. The molecule has 0 radical (unpaired) electrons. The van der Waals surface area contributed by atoms with E-state index in [4.69, 9.17) is 20.8 Å². The summed E-state index contributed by atoms with van der Waals surface area (Å²) in [7, 11) is 0. The Balaban J connectivity index is 1.79. The van der Waals surface area contributed by atoms with Crippen LogP contribution in [0.15, 0.2) is 51.9 Å². The first kappa shape index (κ1) is 19.6. The van der Waals surface area contributed by atoms with Gasteiger partial charge in [0.15, 0.2) is 0 Å². The van der Waals surface area contributed by atoms with Crippen molar-refractivity contribution in [3.63, 3.8) is 0 Å². The molecule has 1 atom stereocenters. The van der Waals surface area contributed by atoms with Gasteiger partial charge in [0, 0.05) is 29.1 Å². The second-order valence-corrected chi connectivity index (χ2v) is 7.42. The van der Waals surface area contributed by atoms with Crippen LogP contribution in [0, 0.1) is 12.7 Å². The summed E-state index contributed by atoms with van der Waals surface area (Å²) in [5.41, 5.74) is 1.66. The number of hydrogen-bond acceptors (Lipinski definition) is 4. The summed E-state index contributed by atoms with van der Waals surface area (Å²) in [5, 5.41) is 4.09. The fourth-order valence-electron chi connectivity index (χ4n) is 3.28. The van der Waals surface area contributed by atoms with Gasteiger partial charge in [0.2, 0.25) is 5.55 Å². The Hall–Kier alpha value is -2.70. The predicted octanol–water partition coefficient (Wildman–Crippen LogP) is 4.67. The molecule has 1 aliphatic heterocycles. The third-order valence-electron chi connectivity index (χ3n) is 4.93. The van der Waals surface area contributed by atoms with Crippen LogP contribution in [0.1, 0.15) is 28.8 Å². The summed E-state index contributed by atoms with van der Waals surface area (Å²) in [6.45, 7) is 2.75. The quantitative estimate of drug-likeness (QED) is 0.674. The molecule has 1 fully saturated rings. The Labute approximate surface area is 172 Å². The minimum atomic E-state index is -0.372. The van der Waals surface area contributed by atoms with Gasteiger partial charge in [0.1, 0.15) is 17.0 Å². The van der Waals surface area contributed by atoms with Crippen molar-refractivity contribution in [2.75, 3.05) is 13.2 Å². The number of halogens is 2. The summed E-state index contributed by atoms with van der Waals surface area (Å²) < 4.78 is 25.4. The standard InChI is InChI=1S/C22H20ClFN2O3/c1-13-18(24)5-2-6-19(13)26-22-17(21(27)25-12-16-4-3-9-28-16)11-14-10-15(23)7-8-20(14)29-22/h2,5-8,10-11,16H,3-4,9,12H2,1H3,(H,25,27). The number of nitrogens with one attached hydrogen (secondary N) is 1. The molecule has 1 N–H and O–H groups in total. The summed E-state index contributed by atoms with van der Waals surface area (Å²) in [6.07, 6.45) is 1.92. The van der Waals surface area contributed by atoms with Gasteiger partial charge in [-0.3, -0.25) is 4.79 Å². The third-order valence-corrected chi connectivity index (χ3v) is 5.16. The maximum absolute atomic E-state index is 13.9. The third kappa shape index (κ3) is 4.33. The number of fused-ring (bicyclic) bond motifs is 1. The second-order valence-electron chi connectivity index (χ2n) is 6.99. The second kappa shape index (κ2) is 8.35. The monoisotopic (exact) mass is 414 g/mol. The first-order valence-electron chi connectivity index (χ1n) is 9.44. The van der Waals surface area contributed by atoms with E-state index in [-0.39, 0.29) is 28.9 Å². The van der Waals surface area contributed by atoms with Gasteiger partial charge in [0.05, 0.1) is 11.8 Å². The van der Waals surface area contributed by atoms with Gasteiger partial charge in [-0.1, -0.05) is 17.7 Å². The molecule has 5 nitrogen and oxygen atoms in total. The predicted molar refractivity (Wildman–Crippen MR) is 109 cm³/mol. The Bertz CT molecular complexity index is 1140. The van der Waals surface area contributed by atoms with Crippen LogP contribution in [-0.4, -0.2) is 25.2 Å². The van der Waals surface area contributed by atoms with Crippen LogP contribution in [0.2, 0.25) is 5.02 Å². The zero-order chi connectivity index (χ0) is 20.4. The number of benzene rings is 2. The highest BCUT2D eigenvalue weighted by molar-refractivity contribution is 6.31. The summed E-state index contributed by atoms with van der Waals surface area (Å²) >= 11 is 6.08. The molecule has 1 aliphatic rings. The van der Waals surface area contributed by atoms with Crippen molar-refractivity contribution in [3.8, 4) is 0 Å². The van der Waals surface area contributed by atoms with Gasteiger partial charge >= 0.3 is 0 Å². The lowest BCUT2D eigenvalue weighted by atomic mass is 10.1.